The van der Waals surface area contributed by atoms with Crippen LogP contribution >= 0.6 is 0 Å². The summed E-state index contributed by atoms with van der Waals surface area (Å²) >= 11 is 0. The van der Waals surface area contributed by atoms with Crippen molar-refractivity contribution in [3.8, 4) is 5.75 Å². The summed E-state index contributed by atoms with van der Waals surface area (Å²) in [5.41, 5.74) is 0.702. The molecule has 2 aliphatic carbocycles. The normalized spacial score (nSPS) is 23.9. The second kappa shape index (κ2) is 7.02. The van der Waals surface area contributed by atoms with Crippen LogP contribution in [0, 0.1) is 11.8 Å². The number of hydrogen-bond acceptors (Lipinski definition) is 3. The Morgan fingerprint density at radius 2 is 1.57 bits per heavy atom. The molecule has 0 aliphatic heterocycles. The Bertz CT molecular complexity index is 575. The first kappa shape index (κ1) is 15.8. The summed E-state index contributed by atoms with van der Waals surface area (Å²) in [6.45, 7) is 0. The second-order valence-corrected chi connectivity index (χ2v) is 6.52. The number of carbonyl (C=O) groups excluding carboxylic acids is 2. The van der Waals surface area contributed by atoms with Crippen LogP contribution < -0.4 is 15.4 Å². The largest absolute Gasteiger partial charge is 0.495 e. The van der Waals surface area contributed by atoms with E-state index in [1.165, 1.54) is 0 Å². The lowest BCUT2D eigenvalue weighted by Gasteiger charge is -2.27. The number of hydrogen-bond donors (Lipinski definition) is 2. The maximum Gasteiger partial charge on any atom is 0.227 e. The number of anilines is 1. The number of carbonyl (C=O) groups is 2. The lowest BCUT2D eigenvalue weighted by molar-refractivity contribution is -0.128. The molecule has 2 aliphatic rings. The third-order valence-corrected chi connectivity index (χ3v) is 4.76. The van der Waals surface area contributed by atoms with E-state index >= 15 is 0 Å². The fraction of sp³-hybridized carbons (Fsp3) is 0.556. The van der Waals surface area contributed by atoms with Gasteiger partial charge in [-0.1, -0.05) is 12.1 Å². The van der Waals surface area contributed by atoms with Crippen LogP contribution in [0.1, 0.15) is 38.5 Å². The molecular weight excluding hydrogens is 292 g/mol. The SMILES string of the molecule is COc1ccccc1NC(=O)C1CCC(C(=O)NC2CC2)CC1. The van der Waals surface area contributed by atoms with E-state index in [9.17, 15) is 9.59 Å². The topological polar surface area (TPSA) is 67.4 Å². The first-order valence-electron chi connectivity index (χ1n) is 8.41. The highest BCUT2D eigenvalue weighted by Gasteiger charge is 2.32. The number of para-hydroxylation sites is 2. The molecule has 2 saturated carbocycles. The molecule has 0 saturated heterocycles. The Balaban J connectivity index is 1.50. The minimum Gasteiger partial charge on any atom is -0.495 e. The summed E-state index contributed by atoms with van der Waals surface area (Å²) in [4.78, 5) is 24.5. The number of benzene rings is 1. The summed E-state index contributed by atoms with van der Waals surface area (Å²) in [6, 6.07) is 7.82. The quantitative estimate of drug-likeness (QED) is 0.877. The van der Waals surface area contributed by atoms with Crippen molar-refractivity contribution in [2.45, 2.75) is 44.6 Å². The van der Waals surface area contributed by atoms with Crippen molar-refractivity contribution in [2.75, 3.05) is 12.4 Å². The van der Waals surface area contributed by atoms with Gasteiger partial charge in [-0.25, -0.2) is 0 Å². The lowest BCUT2D eigenvalue weighted by Crippen LogP contribution is -2.36. The van der Waals surface area contributed by atoms with Gasteiger partial charge in [-0.3, -0.25) is 9.59 Å². The van der Waals surface area contributed by atoms with Crippen LogP contribution in [0.5, 0.6) is 5.75 Å². The van der Waals surface area contributed by atoms with Gasteiger partial charge in [-0.2, -0.15) is 0 Å². The van der Waals surface area contributed by atoms with Gasteiger partial charge in [0.1, 0.15) is 5.75 Å². The first-order valence-corrected chi connectivity index (χ1v) is 8.41. The number of rotatable bonds is 5. The zero-order valence-corrected chi connectivity index (χ0v) is 13.5. The summed E-state index contributed by atoms with van der Waals surface area (Å²) < 4.78 is 5.26. The minimum atomic E-state index is -0.0233. The monoisotopic (exact) mass is 316 g/mol. The highest BCUT2D eigenvalue weighted by atomic mass is 16.5. The standard InChI is InChI=1S/C18H24N2O3/c1-23-16-5-3-2-4-15(16)20-18(22)13-8-6-12(7-9-13)17(21)19-14-10-11-14/h2-5,12-14H,6-11H2,1H3,(H,19,21)(H,20,22). The van der Waals surface area contributed by atoms with Crippen LogP contribution in [0.15, 0.2) is 24.3 Å². The Hall–Kier alpha value is -2.04. The molecule has 0 radical (unpaired) electrons. The molecule has 5 heteroatoms. The van der Waals surface area contributed by atoms with Gasteiger partial charge in [-0.05, 0) is 50.7 Å². The summed E-state index contributed by atoms with van der Waals surface area (Å²) in [6.07, 6.45) is 5.35. The summed E-state index contributed by atoms with van der Waals surface area (Å²) in [5, 5.41) is 6.02. The maximum atomic E-state index is 12.4. The van der Waals surface area contributed by atoms with E-state index in [0.717, 1.165) is 38.5 Å². The van der Waals surface area contributed by atoms with E-state index in [1.54, 1.807) is 7.11 Å². The molecule has 23 heavy (non-hydrogen) atoms. The van der Waals surface area contributed by atoms with E-state index < -0.39 is 0 Å². The molecule has 3 rings (SSSR count). The van der Waals surface area contributed by atoms with Crippen LogP contribution in [0.4, 0.5) is 5.69 Å². The van der Waals surface area contributed by atoms with E-state index in [1.807, 2.05) is 24.3 Å². The van der Waals surface area contributed by atoms with Gasteiger partial charge in [0.05, 0.1) is 12.8 Å². The highest BCUT2D eigenvalue weighted by molar-refractivity contribution is 5.94. The van der Waals surface area contributed by atoms with Crippen LogP contribution in [-0.2, 0) is 9.59 Å². The Morgan fingerprint density at radius 1 is 0.957 bits per heavy atom. The van der Waals surface area contributed by atoms with Crippen molar-refractivity contribution in [1.82, 2.24) is 5.32 Å². The summed E-state index contributed by atoms with van der Waals surface area (Å²) in [5.74, 6) is 0.917. The molecule has 124 valence electrons. The Morgan fingerprint density at radius 3 is 2.17 bits per heavy atom. The average molecular weight is 316 g/mol. The van der Waals surface area contributed by atoms with Gasteiger partial charge in [0.15, 0.2) is 0 Å². The van der Waals surface area contributed by atoms with Crippen molar-refractivity contribution >= 4 is 17.5 Å². The van der Waals surface area contributed by atoms with Gasteiger partial charge >= 0.3 is 0 Å². The fourth-order valence-corrected chi connectivity index (χ4v) is 3.15. The molecule has 2 fully saturated rings. The van der Waals surface area contributed by atoms with Crippen LogP contribution in [0.2, 0.25) is 0 Å². The van der Waals surface area contributed by atoms with E-state index in [2.05, 4.69) is 10.6 Å². The van der Waals surface area contributed by atoms with Crippen molar-refractivity contribution in [3.05, 3.63) is 24.3 Å². The highest BCUT2D eigenvalue weighted by Crippen LogP contribution is 2.32. The van der Waals surface area contributed by atoms with Gasteiger partial charge in [-0.15, -0.1) is 0 Å². The molecule has 5 nitrogen and oxygen atoms in total. The maximum absolute atomic E-state index is 12.4. The van der Waals surface area contributed by atoms with Crippen molar-refractivity contribution < 1.29 is 14.3 Å². The number of nitrogens with one attached hydrogen (secondary N) is 2. The third kappa shape index (κ3) is 4.03. The third-order valence-electron chi connectivity index (χ3n) is 4.76. The molecule has 0 spiro atoms. The average Bonchev–Trinajstić information content (AvgIpc) is 3.39. The van der Waals surface area contributed by atoms with Crippen LogP contribution in [0.25, 0.3) is 0 Å². The van der Waals surface area contributed by atoms with Gasteiger partial charge < -0.3 is 15.4 Å². The summed E-state index contributed by atoms with van der Waals surface area (Å²) in [7, 11) is 1.59. The second-order valence-electron chi connectivity index (χ2n) is 6.52. The lowest BCUT2D eigenvalue weighted by atomic mass is 9.81. The molecule has 2 amide bonds. The number of ether oxygens (including phenoxy) is 1. The number of methoxy groups -OCH3 is 1. The molecule has 1 aromatic rings. The van der Waals surface area contributed by atoms with Crippen molar-refractivity contribution in [1.29, 1.82) is 0 Å². The zero-order chi connectivity index (χ0) is 16.2. The fourth-order valence-electron chi connectivity index (χ4n) is 3.15. The molecule has 0 unspecified atom stereocenters. The van der Waals surface area contributed by atoms with Gasteiger partial charge in [0.2, 0.25) is 11.8 Å². The minimum absolute atomic E-state index is 0.0233. The zero-order valence-electron chi connectivity index (χ0n) is 13.5. The first-order chi connectivity index (χ1) is 11.2. The molecule has 0 bridgehead atoms. The number of amides is 2. The molecular formula is C18H24N2O3. The Kier molecular flexibility index (Phi) is 4.84. The predicted octanol–water partition coefficient (Wildman–Crippen LogP) is 2.72. The van der Waals surface area contributed by atoms with Gasteiger partial charge in [0.25, 0.3) is 0 Å². The molecule has 1 aromatic carbocycles. The molecule has 2 N–H and O–H groups in total. The van der Waals surface area contributed by atoms with Crippen molar-refractivity contribution in [2.24, 2.45) is 11.8 Å². The molecule has 0 atom stereocenters. The van der Waals surface area contributed by atoms with Crippen molar-refractivity contribution in [3.63, 3.8) is 0 Å². The molecule has 0 aromatic heterocycles. The van der Waals surface area contributed by atoms with Crippen LogP contribution in [0.3, 0.4) is 0 Å². The van der Waals surface area contributed by atoms with Crippen LogP contribution in [-0.4, -0.2) is 25.0 Å². The van der Waals surface area contributed by atoms with E-state index in [4.69, 9.17) is 4.74 Å². The van der Waals surface area contributed by atoms with Gasteiger partial charge in [0, 0.05) is 17.9 Å². The molecule has 0 heterocycles. The van der Waals surface area contributed by atoms with E-state index in [0.29, 0.717) is 17.5 Å². The predicted molar refractivity (Wildman–Crippen MR) is 88.2 cm³/mol. The van der Waals surface area contributed by atoms with E-state index in [-0.39, 0.29) is 23.7 Å². The Labute approximate surface area is 136 Å². The smallest absolute Gasteiger partial charge is 0.227 e.